The molecule has 1 heterocycles. The second kappa shape index (κ2) is 33.7. The average Bonchev–Trinajstić information content (AvgIpc) is 3.23. The van der Waals surface area contributed by atoms with Gasteiger partial charge in [0.2, 0.25) is 5.76 Å². The minimum Gasteiger partial charge on any atom is -1.00 e. The molecule has 0 aromatic heterocycles. The summed E-state index contributed by atoms with van der Waals surface area (Å²) in [4.78, 5) is 99.3. The van der Waals surface area contributed by atoms with Crippen LogP contribution in [0, 0.1) is 0 Å². The topological polar surface area (TPSA) is 419 Å². The first kappa shape index (κ1) is 61.8. The SMILES string of the molecule is O=C(O)CN(CCN(CC(=O)O)CC(=O)O)CC(=O)O.O=C(O)CN(CCN(CC(=O)O)CC(=O)O)CC(=O)O.O=C1O[C@H]([C@@H](O)CO)C(O)=C1O.[Ca+2].[H-].[H-].[H-].[H-].[Na+].[Na+]. The second-order valence-corrected chi connectivity index (χ2v) is 10.3. The summed E-state index contributed by atoms with van der Waals surface area (Å²) < 4.78 is 4.32. The zero-order valence-electron chi connectivity index (χ0n) is 33.8. The van der Waals surface area contributed by atoms with Crippen LogP contribution >= 0.6 is 0 Å². The van der Waals surface area contributed by atoms with Crippen molar-refractivity contribution in [2.75, 3.05) is 85.1 Å². The molecule has 55 heavy (non-hydrogen) atoms. The van der Waals surface area contributed by atoms with Gasteiger partial charge in [-0.1, -0.05) is 0 Å². The summed E-state index contributed by atoms with van der Waals surface area (Å²) in [6, 6.07) is 0. The van der Waals surface area contributed by atoms with Gasteiger partial charge in [-0.3, -0.25) is 58.0 Å². The number of esters is 1. The van der Waals surface area contributed by atoms with Gasteiger partial charge in [-0.25, -0.2) is 4.79 Å². The van der Waals surface area contributed by atoms with E-state index < -0.39 is 136 Å². The van der Waals surface area contributed by atoms with Crippen LogP contribution in [0.3, 0.4) is 0 Å². The first-order chi connectivity index (χ1) is 24.0. The molecule has 0 bridgehead atoms. The first-order valence-electron chi connectivity index (χ1n) is 14.2. The third-order valence-corrected chi connectivity index (χ3v) is 5.81. The number of hydrogen-bond acceptors (Lipinski definition) is 18. The summed E-state index contributed by atoms with van der Waals surface area (Å²) in [5, 5.41) is 104. The van der Waals surface area contributed by atoms with E-state index in [9.17, 15) is 43.2 Å². The molecule has 0 unspecified atom stereocenters. The Labute approximate surface area is 390 Å². The van der Waals surface area contributed by atoms with Gasteiger partial charge in [-0.2, -0.15) is 0 Å². The monoisotopic (exact) mass is 850 g/mol. The number of rotatable bonds is 24. The molecule has 0 amide bonds. The minimum atomic E-state index is -1.42. The number of cyclic esters (lactones) is 1. The molecule has 0 aromatic carbocycles. The molecule has 0 saturated carbocycles. The van der Waals surface area contributed by atoms with Gasteiger partial charge in [0.05, 0.1) is 59.0 Å². The number of aliphatic carboxylic acids is 8. The van der Waals surface area contributed by atoms with Gasteiger partial charge in [-0.15, -0.1) is 0 Å². The largest absolute Gasteiger partial charge is 2.00 e. The summed E-state index contributed by atoms with van der Waals surface area (Å²) in [5.41, 5.74) is 0. The fourth-order valence-corrected chi connectivity index (χ4v) is 3.77. The number of aliphatic hydroxyl groups excluding tert-OH is 4. The molecule has 29 heteroatoms. The zero-order chi connectivity index (χ0) is 40.7. The van der Waals surface area contributed by atoms with Crippen LogP contribution in [-0.4, -0.2) is 270 Å². The second-order valence-electron chi connectivity index (χ2n) is 10.3. The maximum Gasteiger partial charge on any atom is 2.00 e. The minimum absolute atomic E-state index is 0. The number of aliphatic hydroxyl groups is 4. The van der Waals surface area contributed by atoms with Crippen molar-refractivity contribution in [2.24, 2.45) is 0 Å². The Morgan fingerprint density at radius 2 is 0.727 bits per heavy atom. The van der Waals surface area contributed by atoms with Gasteiger partial charge in [0.25, 0.3) is 0 Å². The molecule has 1 aliphatic rings. The van der Waals surface area contributed by atoms with E-state index in [1.165, 1.54) is 0 Å². The third-order valence-electron chi connectivity index (χ3n) is 5.81. The number of carboxylic acids is 8. The van der Waals surface area contributed by atoms with Crippen molar-refractivity contribution in [2.45, 2.75) is 12.2 Å². The van der Waals surface area contributed by atoms with Gasteiger partial charge in [0.1, 0.15) is 6.10 Å². The predicted molar refractivity (Wildman–Crippen MR) is 172 cm³/mol. The molecule has 0 aliphatic carbocycles. The molecule has 1 aliphatic heterocycles. The average molecular weight is 851 g/mol. The Bertz CT molecular complexity index is 1140. The number of nitrogens with zero attached hydrogens (tertiary/aromatic N) is 4. The number of carboxylic acid groups (broad SMARTS) is 8. The number of hydrogen-bond donors (Lipinski definition) is 12. The van der Waals surface area contributed by atoms with Crippen molar-refractivity contribution in [3.05, 3.63) is 11.5 Å². The van der Waals surface area contributed by atoms with Crippen LogP contribution in [-0.2, 0) is 47.9 Å². The Balaban J connectivity index is -0.0000000878. The van der Waals surface area contributed by atoms with Crippen molar-refractivity contribution in [3.8, 4) is 0 Å². The summed E-state index contributed by atoms with van der Waals surface area (Å²) >= 11 is 0. The van der Waals surface area contributed by atoms with Gasteiger partial charge < -0.3 is 71.7 Å². The predicted octanol–water partition coefficient (Wildman–Crippen LogP) is -11.5. The third kappa shape index (κ3) is 33.4. The van der Waals surface area contributed by atoms with Crippen molar-refractivity contribution in [3.63, 3.8) is 0 Å². The van der Waals surface area contributed by atoms with Crippen LogP contribution in [0.15, 0.2) is 11.5 Å². The standard InChI is InChI=1S/2C10H16N2O8.C6H8O6.Ca.2Na.4H/c2*13-7(14)3-11(4-8(15)16)1-2-12(5-9(17)18)6-10(19)20;7-1-2(8)5-3(9)4(10)6(11)12-5;;;;;;;/h2*1-6H2,(H,13,14)(H,15,16)(H,17,18)(H,19,20);2,5,7-10H,1H2;;;;;;;/q;;;+2;2*+1;4*-1/t;;2-,5+;;;;;;;/m..0......./s1. The summed E-state index contributed by atoms with van der Waals surface area (Å²) in [7, 11) is 0. The van der Waals surface area contributed by atoms with E-state index in [0.717, 1.165) is 19.6 Å². The van der Waals surface area contributed by atoms with Crippen molar-refractivity contribution < 1.29 is 174 Å². The maximum absolute atomic E-state index is 10.6. The number of carbonyl (C=O) groups excluding carboxylic acids is 1. The maximum atomic E-state index is 10.6. The van der Waals surface area contributed by atoms with Crippen molar-refractivity contribution in [1.29, 1.82) is 0 Å². The van der Waals surface area contributed by atoms with Gasteiger partial charge in [0, 0.05) is 26.2 Å². The van der Waals surface area contributed by atoms with Gasteiger partial charge >= 0.3 is 151 Å². The Morgan fingerprint density at radius 3 is 0.855 bits per heavy atom. The quantitative estimate of drug-likeness (QED) is 0.0317. The Kier molecular flexibility index (Phi) is 37.9. The number of ether oxygens (including phenoxy) is 1. The molecule has 26 nitrogen and oxygen atoms in total. The van der Waals surface area contributed by atoms with Crippen LogP contribution in [0.2, 0.25) is 0 Å². The van der Waals surface area contributed by atoms with E-state index >= 15 is 0 Å². The van der Waals surface area contributed by atoms with Crippen molar-refractivity contribution in [1.82, 2.24) is 19.6 Å². The van der Waals surface area contributed by atoms with Crippen molar-refractivity contribution >= 4 is 91.5 Å². The Morgan fingerprint density at radius 1 is 0.527 bits per heavy atom. The van der Waals surface area contributed by atoms with E-state index in [1.807, 2.05) is 0 Å². The molecule has 12 N–H and O–H groups in total. The molecule has 304 valence electrons. The fraction of sp³-hybridized carbons (Fsp3) is 0.577. The summed E-state index contributed by atoms with van der Waals surface area (Å²) in [6.45, 7) is -5.17. The van der Waals surface area contributed by atoms with E-state index in [0.29, 0.717) is 0 Å². The number of carbonyl (C=O) groups is 9. The van der Waals surface area contributed by atoms with Crippen LogP contribution in [0.4, 0.5) is 0 Å². The summed E-state index contributed by atoms with van der Waals surface area (Å²) in [5.74, 6) is -12.6. The van der Waals surface area contributed by atoms with E-state index in [4.69, 9.17) is 61.3 Å². The fourth-order valence-electron chi connectivity index (χ4n) is 3.77. The van der Waals surface area contributed by atoms with Crippen LogP contribution < -0.4 is 59.1 Å². The van der Waals surface area contributed by atoms with E-state index in [2.05, 4.69) is 4.74 Å². The molecule has 0 spiro atoms. The molecule has 1 rings (SSSR count). The molecule has 0 saturated heterocycles. The van der Waals surface area contributed by atoms with Gasteiger partial charge in [0.15, 0.2) is 11.9 Å². The zero-order valence-corrected chi connectivity index (χ0v) is 36.0. The van der Waals surface area contributed by atoms with E-state index in [1.54, 1.807) is 0 Å². The normalized spacial score (nSPS) is 13.4. The van der Waals surface area contributed by atoms with Crippen LogP contribution in [0.1, 0.15) is 5.71 Å². The molecule has 0 fully saturated rings. The first-order valence-corrected chi connectivity index (χ1v) is 14.2. The molecular formula is C26H44CaN4Na2O22. The van der Waals surface area contributed by atoms with Crippen LogP contribution in [0.25, 0.3) is 0 Å². The van der Waals surface area contributed by atoms with Crippen LogP contribution in [0.5, 0.6) is 0 Å². The summed E-state index contributed by atoms with van der Waals surface area (Å²) in [6.07, 6.45) is -2.78. The van der Waals surface area contributed by atoms with E-state index in [-0.39, 0.29) is 129 Å². The van der Waals surface area contributed by atoms with Gasteiger partial charge in [-0.05, 0) is 0 Å². The Hall–Kier alpha value is -2.41. The molecular weight excluding hydrogens is 806 g/mol. The molecule has 0 radical (unpaired) electrons. The smallest absolute Gasteiger partial charge is 1.00 e. The molecule has 0 aromatic rings. The molecule has 2 atom stereocenters.